The molecule has 2 rings (SSSR count). The van der Waals surface area contributed by atoms with E-state index in [0.29, 0.717) is 13.0 Å². The van der Waals surface area contributed by atoms with Gasteiger partial charge in [-0.05, 0) is 36.8 Å². The number of hydrogen-bond acceptors (Lipinski definition) is 3. The summed E-state index contributed by atoms with van der Waals surface area (Å²) in [7, 11) is 0. The molecule has 0 saturated heterocycles. The zero-order valence-corrected chi connectivity index (χ0v) is 9.80. The van der Waals surface area contributed by atoms with Crippen LogP contribution in [0.5, 0.6) is 5.75 Å². The van der Waals surface area contributed by atoms with Gasteiger partial charge in [-0.1, -0.05) is 12.1 Å². The molecule has 0 bridgehead atoms. The molecule has 1 unspecified atom stereocenters. The smallest absolute Gasteiger partial charge is 0.119 e. The Kier molecular flexibility index (Phi) is 3.83. The lowest BCUT2D eigenvalue weighted by molar-refractivity contribution is 0.170. The molecule has 0 spiro atoms. The summed E-state index contributed by atoms with van der Waals surface area (Å²) in [6, 6.07) is 11.2. The van der Waals surface area contributed by atoms with E-state index in [9.17, 15) is 5.11 Å². The van der Waals surface area contributed by atoms with Crippen LogP contribution < -0.4 is 4.74 Å². The van der Waals surface area contributed by atoms with Gasteiger partial charge in [-0.15, -0.1) is 0 Å². The fourth-order valence-corrected chi connectivity index (χ4v) is 1.72. The van der Waals surface area contributed by atoms with Crippen LogP contribution in [0.4, 0.5) is 0 Å². The normalized spacial score (nSPS) is 12.4. The highest BCUT2D eigenvalue weighted by atomic mass is 16.5. The molecule has 0 saturated carbocycles. The highest BCUT2D eigenvalue weighted by Gasteiger charge is 2.10. The minimum Gasteiger partial charge on any atom is -0.494 e. The molecule has 90 valence electrons. The maximum atomic E-state index is 10.1. The van der Waals surface area contributed by atoms with Crippen LogP contribution in [-0.4, -0.2) is 11.7 Å². The molecule has 0 aliphatic rings. The predicted octanol–water partition coefficient (Wildman–Crippen LogP) is 2.95. The highest BCUT2D eigenvalue weighted by Crippen LogP contribution is 2.22. The molecule has 1 aromatic heterocycles. The number of hydrogen-bond donors (Lipinski definition) is 1. The fourth-order valence-electron chi connectivity index (χ4n) is 1.72. The number of aliphatic hydroxyl groups excluding tert-OH is 1. The van der Waals surface area contributed by atoms with E-state index in [1.807, 2.05) is 43.3 Å². The monoisotopic (exact) mass is 232 g/mol. The number of benzene rings is 1. The first-order chi connectivity index (χ1) is 8.29. The average Bonchev–Trinajstić information content (AvgIpc) is 2.83. The highest BCUT2D eigenvalue weighted by molar-refractivity contribution is 5.30. The van der Waals surface area contributed by atoms with Gasteiger partial charge in [-0.2, -0.15) is 0 Å². The van der Waals surface area contributed by atoms with E-state index in [1.54, 1.807) is 6.26 Å². The van der Waals surface area contributed by atoms with Crippen LogP contribution in [0.25, 0.3) is 0 Å². The largest absolute Gasteiger partial charge is 0.494 e. The standard InChI is InChI=1S/C14H16O3/c1-2-16-12-6-3-5-11(9-12)14(15)10-13-7-4-8-17-13/h3-9,14-15H,2,10H2,1H3. The SMILES string of the molecule is CCOc1cccc(C(O)Cc2ccco2)c1. The van der Waals surface area contributed by atoms with Crippen molar-refractivity contribution in [3.63, 3.8) is 0 Å². The molecule has 1 aromatic carbocycles. The Bertz CT molecular complexity index is 448. The molecule has 1 atom stereocenters. The summed E-state index contributed by atoms with van der Waals surface area (Å²) in [5.41, 5.74) is 0.840. The summed E-state index contributed by atoms with van der Waals surface area (Å²) in [4.78, 5) is 0. The molecule has 0 radical (unpaired) electrons. The molecule has 17 heavy (non-hydrogen) atoms. The zero-order chi connectivity index (χ0) is 12.1. The molecule has 1 heterocycles. The number of rotatable bonds is 5. The molecule has 3 heteroatoms. The van der Waals surface area contributed by atoms with E-state index in [1.165, 1.54) is 0 Å². The lowest BCUT2D eigenvalue weighted by atomic mass is 10.1. The van der Waals surface area contributed by atoms with Gasteiger partial charge >= 0.3 is 0 Å². The maximum absolute atomic E-state index is 10.1. The number of furan rings is 1. The van der Waals surface area contributed by atoms with Crippen LogP contribution >= 0.6 is 0 Å². The van der Waals surface area contributed by atoms with Crippen LogP contribution in [-0.2, 0) is 6.42 Å². The van der Waals surface area contributed by atoms with E-state index in [-0.39, 0.29) is 0 Å². The predicted molar refractivity (Wildman–Crippen MR) is 65.0 cm³/mol. The van der Waals surface area contributed by atoms with Gasteiger partial charge in [0.25, 0.3) is 0 Å². The Hall–Kier alpha value is -1.74. The van der Waals surface area contributed by atoms with Gasteiger partial charge in [0.05, 0.1) is 19.0 Å². The van der Waals surface area contributed by atoms with E-state index in [2.05, 4.69) is 0 Å². The van der Waals surface area contributed by atoms with Crippen molar-refractivity contribution in [2.24, 2.45) is 0 Å². The topological polar surface area (TPSA) is 42.6 Å². The third kappa shape index (κ3) is 3.11. The molecule has 2 aromatic rings. The van der Waals surface area contributed by atoms with Crippen LogP contribution in [0.2, 0.25) is 0 Å². The Morgan fingerprint density at radius 2 is 2.18 bits per heavy atom. The molecule has 0 fully saturated rings. The summed E-state index contributed by atoms with van der Waals surface area (Å²) in [5, 5.41) is 10.1. The molecule has 3 nitrogen and oxygen atoms in total. The van der Waals surface area contributed by atoms with Gasteiger partial charge in [-0.25, -0.2) is 0 Å². The van der Waals surface area contributed by atoms with Gasteiger partial charge in [0, 0.05) is 6.42 Å². The Balaban J connectivity index is 2.07. The van der Waals surface area contributed by atoms with E-state index in [4.69, 9.17) is 9.15 Å². The van der Waals surface area contributed by atoms with Crippen LogP contribution in [0.1, 0.15) is 24.4 Å². The first-order valence-corrected chi connectivity index (χ1v) is 5.73. The summed E-state index contributed by atoms with van der Waals surface area (Å²) in [5.74, 6) is 1.56. The molecule has 0 amide bonds. The second-order valence-corrected chi connectivity index (χ2v) is 3.80. The van der Waals surface area contributed by atoms with Crippen molar-refractivity contribution >= 4 is 0 Å². The Labute approximate surface area is 101 Å². The van der Waals surface area contributed by atoms with Crippen molar-refractivity contribution in [2.45, 2.75) is 19.4 Å². The molecular formula is C14H16O3. The van der Waals surface area contributed by atoms with Crippen molar-refractivity contribution in [2.75, 3.05) is 6.61 Å². The fraction of sp³-hybridized carbons (Fsp3) is 0.286. The van der Waals surface area contributed by atoms with Crippen molar-refractivity contribution in [3.8, 4) is 5.75 Å². The van der Waals surface area contributed by atoms with Crippen molar-refractivity contribution in [1.82, 2.24) is 0 Å². The lowest BCUT2D eigenvalue weighted by Gasteiger charge is -2.11. The van der Waals surface area contributed by atoms with Crippen molar-refractivity contribution in [3.05, 3.63) is 54.0 Å². The van der Waals surface area contributed by atoms with E-state index < -0.39 is 6.10 Å². The summed E-state index contributed by atoms with van der Waals surface area (Å²) in [6.45, 7) is 2.56. The Morgan fingerprint density at radius 3 is 2.88 bits per heavy atom. The molecule has 0 aliphatic heterocycles. The molecule has 1 N–H and O–H groups in total. The van der Waals surface area contributed by atoms with Gasteiger partial charge < -0.3 is 14.3 Å². The van der Waals surface area contributed by atoms with Crippen molar-refractivity contribution < 1.29 is 14.3 Å². The van der Waals surface area contributed by atoms with Crippen LogP contribution in [0.3, 0.4) is 0 Å². The average molecular weight is 232 g/mol. The van der Waals surface area contributed by atoms with Gasteiger partial charge in [-0.3, -0.25) is 0 Å². The maximum Gasteiger partial charge on any atom is 0.119 e. The summed E-state index contributed by atoms with van der Waals surface area (Å²) >= 11 is 0. The Morgan fingerprint density at radius 1 is 1.29 bits per heavy atom. The minimum atomic E-state index is -0.568. The van der Waals surface area contributed by atoms with Crippen molar-refractivity contribution in [1.29, 1.82) is 0 Å². The number of aliphatic hydroxyl groups is 1. The lowest BCUT2D eigenvalue weighted by Crippen LogP contribution is -2.01. The van der Waals surface area contributed by atoms with Gasteiger partial charge in [0.15, 0.2) is 0 Å². The quantitative estimate of drug-likeness (QED) is 0.861. The first-order valence-electron chi connectivity index (χ1n) is 5.73. The van der Waals surface area contributed by atoms with Gasteiger partial charge in [0.1, 0.15) is 11.5 Å². The summed E-state index contributed by atoms with van der Waals surface area (Å²) in [6.07, 6.45) is 1.52. The van der Waals surface area contributed by atoms with Gasteiger partial charge in [0.2, 0.25) is 0 Å². The first kappa shape index (κ1) is 11.7. The second kappa shape index (κ2) is 5.55. The second-order valence-electron chi connectivity index (χ2n) is 3.80. The van der Waals surface area contributed by atoms with Crippen LogP contribution in [0.15, 0.2) is 47.1 Å². The molecular weight excluding hydrogens is 216 g/mol. The summed E-state index contributed by atoms with van der Waals surface area (Å²) < 4.78 is 10.6. The zero-order valence-electron chi connectivity index (χ0n) is 9.80. The van der Waals surface area contributed by atoms with E-state index in [0.717, 1.165) is 17.1 Å². The minimum absolute atomic E-state index is 0.475. The number of ether oxygens (including phenoxy) is 1. The molecule has 0 aliphatic carbocycles. The third-order valence-corrected chi connectivity index (χ3v) is 2.53. The van der Waals surface area contributed by atoms with E-state index >= 15 is 0 Å². The van der Waals surface area contributed by atoms with Crippen LogP contribution in [0, 0.1) is 0 Å². The third-order valence-electron chi connectivity index (χ3n) is 2.53.